The Morgan fingerprint density at radius 3 is 2.59 bits per heavy atom. The molecule has 1 amide bonds. The van der Waals surface area contributed by atoms with Crippen LogP contribution in [0.15, 0.2) is 6.07 Å². The highest BCUT2D eigenvalue weighted by atomic mass is 32.1. The minimum Gasteiger partial charge on any atom is -0.351 e. The molecule has 1 saturated heterocycles. The van der Waals surface area contributed by atoms with E-state index in [1.807, 2.05) is 0 Å². The summed E-state index contributed by atoms with van der Waals surface area (Å²) in [5, 5.41) is 3.14. The van der Waals surface area contributed by atoms with Crippen molar-refractivity contribution >= 4 is 17.2 Å². The molecule has 152 valence electrons. The molecule has 0 radical (unpaired) electrons. The van der Waals surface area contributed by atoms with E-state index in [2.05, 4.69) is 48.9 Å². The lowest BCUT2D eigenvalue weighted by atomic mass is 9.72. The Balaban J connectivity index is 1.41. The van der Waals surface area contributed by atoms with E-state index in [1.165, 1.54) is 30.0 Å². The average molecular weight is 392 g/mol. The van der Waals surface area contributed by atoms with Gasteiger partial charge in [-0.25, -0.2) is 0 Å². The highest BCUT2D eigenvalue weighted by Crippen LogP contribution is 2.40. The van der Waals surface area contributed by atoms with Crippen molar-refractivity contribution in [2.24, 2.45) is 11.3 Å². The molecule has 2 heterocycles. The second kappa shape index (κ2) is 9.06. The maximum absolute atomic E-state index is 12.6. The van der Waals surface area contributed by atoms with Gasteiger partial charge in [-0.1, -0.05) is 27.7 Å². The number of likely N-dealkylation sites (N-methyl/N-ethyl adjacent to an activating group) is 1. The molecule has 0 spiro atoms. The van der Waals surface area contributed by atoms with E-state index in [4.69, 9.17) is 0 Å². The van der Waals surface area contributed by atoms with Crippen molar-refractivity contribution in [3.8, 4) is 0 Å². The molecule has 0 bridgehead atoms. The van der Waals surface area contributed by atoms with Gasteiger partial charge in [0.05, 0.1) is 4.88 Å². The number of nitrogens with one attached hydrogen (secondary N) is 1. The lowest BCUT2D eigenvalue weighted by molar-refractivity contribution is 0.0952. The van der Waals surface area contributed by atoms with Crippen LogP contribution in [0.4, 0.5) is 0 Å². The van der Waals surface area contributed by atoms with Crippen molar-refractivity contribution in [2.45, 2.75) is 53.4 Å². The monoisotopic (exact) mass is 391 g/mol. The number of hydrogen-bond donors (Lipinski definition) is 1. The third-order valence-electron chi connectivity index (χ3n) is 6.38. The Morgan fingerprint density at radius 2 is 1.93 bits per heavy atom. The van der Waals surface area contributed by atoms with E-state index in [0.29, 0.717) is 5.41 Å². The number of piperazine rings is 1. The molecule has 1 aliphatic heterocycles. The van der Waals surface area contributed by atoms with E-state index in [0.717, 1.165) is 62.8 Å². The molecule has 1 aromatic heterocycles. The van der Waals surface area contributed by atoms with Gasteiger partial charge in [-0.15, -0.1) is 11.3 Å². The van der Waals surface area contributed by atoms with Crippen LogP contribution in [0, 0.1) is 11.3 Å². The first kappa shape index (κ1) is 20.8. The molecule has 1 aromatic rings. The molecular weight excluding hydrogens is 354 g/mol. The van der Waals surface area contributed by atoms with E-state index >= 15 is 0 Å². The third-order valence-corrected chi connectivity index (χ3v) is 7.62. The molecule has 3 rings (SSSR count). The molecular formula is C22H37N3OS. The van der Waals surface area contributed by atoms with Gasteiger partial charge in [0, 0.05) is 37.6 Å². The number of aryl methyl sites for hydroxylation is 1. The minimum atomic E-state index is 0.123. The van der Waals surface area contributed by atoms with Crippen LogP contribution in [-0.2, 0) is 12.8 Å². The summed E-state index contributed by atoms with van der Waals surface area (Å²) in [6, 6.07) is 2.16. The first-order valence-electron chi connectivity index (χ1n) is 10.7. The van der Waals surface area contributed by atoms with E-state index in [1.54, 1.807) is 11.3 Å². The third kappa shape index (κ3) is 5.55. The molecule has 0 saturated carbocycles. The second-order valence-corrected chi connectivity index (χ2v) is 10.4. The highest BCUT2D eigenvalue weighted by molar-refractivity contribution is 7.14. The van der Waals surface area contributed by atoms with Crippen LogP contribution < -0.4 is 5.32 Å². The smallest absolute Gasteiger partial charge is 0.261 e. The van der Waals surface area contributed by atoms with Crippen LogP contribution in [0.1, 0.15) is 60.6 Å². The molecule has 2 aliphatic rings. The zero-order valence-electron chi connectivity index (χ0n) is 17.6. The quantitative estimate of drug-likeness (QED) is 0.752. The van der Waals surface area contributed by atoms with Gasteiger partial charge >= 0.3 is 0 Å². The fraction of sp³-hybridized carbons (Fsp3) is 0.773. The topological polar surface area (TPSA) is 35.6 Å². The summed E-state index contributed by atoms with van der Waals surface area (Å²) < 4.78 is 0. The fourth-order valence-electron chi connectivity index (χ4n) is 4.30. The van der Waals surface area contributed by atoms with Crippen LogP contribution in [0.2, 0.25) is 0 Å². The maximum atomic E-state index is 12.6. The summed E-state index contributed by atoms with van der Waals surface area (Å²) in [7, 11) is 0. The number of carbonyl (C=O) groups excluding carboxylic acids is 1. The summed E-state index contributed by atoms with van der Waals surface area (Å²) >= 11 is 1.72. The largest absolute Gasteiger partial charge is 0.351 e. The molecule has 1 fully saturated rings. The van der Waals surface area contributed by atoms with E-state index in [9.17, 15) is 4.79 Å². The first-order chi connectivity index (χ1) is 12.9. The van der Waals surface area contributed by atoms with Crippen LogP contribution >= 0.6 is 11.3 Å². The van der Waals surface area contributed by atoms with Crippen LogP contribution in [0.25, 0.3) is 0 Å². The van der Waals surface area contributed by atoms with Gasteiger partial charge in [-0.2, -0.15) is 0 Å². The average Bonchev–Trinajstić information content (AvgIpc) is 3.08. The van der Waals surface area contributed by atoms with Gasteiger partial charge < -0.3 is 15.1 Å². The Morgan fingerprint density at radius 1 is 1.22 bits per heavy atom. The predicted molar refractivity (Wildman–Crippen MR) is 115 cm³/mol. The molecule has 1 atom stereocenters. The lowest BCUT2D eigenvalue weighted by Crippen LogP contribution is -2.46. The second-order valence-electron chi connectivity index (χ2n) is 9.25. The Kier molecular flexibility index (Phi) is 6.98. The van der Waals surface area contributed by atoms with Crippen molar-refractivity contribution in [2.75, 3.05) is 45.8 Å². The normalized spacial score (nSPS) is 21.9. The number of carbonyl (C=O) groups is 1. The summed E-state index contributed by atoms with van der Waals surface area (Å²) in [5.74, 6) is 0.848. The SMILES string of the molecule is CCN1CCN(CCCNC(=O)c2cc3c(s2)CCC(C(C)(C)C)C3)CC1. The van der Waals surface area contributed by atoms with Gasteiger partial charge in [-0.05, 0) is 61.7 Å². The van der Waals surface area contributed by atoms with E-state index < -0.39 is 0 Å². The first-order valence-corrected chi connectivity index (χ1v) is 11.5. The predicted octanol–water partition coefficient (Wildman–Crippen LogP) is 3.66. The number of nitrogens with zero attached hydrogens (tertiary/aromatic N) is 2. The standard InChI is InChI=1S/C22H37N3OS/c1-5-24-11-13-25(14-12-24)10-6-9-23-21(26)20-16-17-15-18(22(2,3)4)7-8-19(17)27-20/h16,18H,5-15H2,1-4H3,(H,23,26). The van der Waals surface area contributed by atoms with Gasteiger partial charge in [0.1, 0.15) is 0 Å². The van der Waals surface area contributed by atoms with E-state index in [-0.39, 0.29) is 5.91 Å². The van der Waals surface area contributed by atoms with Crippen LogP contribution in [-0.4, -0.2) is 61.5 Å². The fourth-order valence-corrected chi connectivity index (χ4v) is 5.42. The number of rotatable bonds is 6. The number of hydrogen-bond acceptors (Lipinski definition) is 4. The van der Waals surface area contributed by atoms with Gasteiger partial charge in [-0.3, -0.25) is 4.79 Å². The van der Waals surface area contributed by atoms with Crippen molar-refractivity contribution in [1.29, 1.82) is 0 Å². The molecule has 5 heteroatoms. The zero-order chi connectivity index (χ0) is 19.4. The molecule has 1 aliphatic carbocycles. The van der Waals surface area contributed by atoms with Crippen molar-refractivity contribution in [1.82, 2.24) is 15.1 Å². The summed E-state index contributed by atoms with van der Waals surface area (Å²) in [5.41, 5.74) is 1.77. The molecule has 1 unspecified atom stereocenters. The summed E-state index contributed by atoms with van der Waals surface area (Å²) in [6.45, 7) is 17.0. The lowest BCUT2D eigenvalue weighted by Gasteiger charge is -2.33. The Labute approximate surface area is 169 Å². The summed E-state index contributed by atoms with van der Waals surface area (Å²) in [6.07, 6.45) is 4.56. The van der Waals surface area contributed by atoms with Crippen molar-refractivity contribution < 1.29 is 4.79 Å². The maximum Gasteiger partial charge on any atom is 0.261 e. The Hall–Kier alpha value is -0.910. The van der Waals surface area contributed by atoms with Gasteiger partial charge in [0.2, 0.25) is 0 Å². The van der Waals surface area contributed by atoms with Crippen LogP contribution in [0.5, 0.6) is 0 Å². The van der Waals surface area contributed by atoms with Crippen LogP contribution in [0.3, 0.4) is 0 Å². The molecule has 27 heavy (non-hydrogen) atoms. The molecule has 0 aromatic carbocycles. The Bertz CT molecular complexity index is 626. The number of fused-ring (bicyclic) bond motifs is 1. The van der Waals surface area contributed by atoms with Crippen molar-refractivity contribution in [3.05, 3.63) is 21.4 Å². The highest BCUT2D eigenvalue weighted by Gasteiger charge is 2.30. The molecule has 1 N–H and O–H groups in total. The minimum absolute atomic E-state index is 0.123. The van der Waals surface area contributed by atoms with Crippen molar-refractivity contribution in [3.63, 3.8) is 0 Å². The molecule has 4 nitrogen and oxygen atoms in total. The zero-order valence-corrected chi connectivity index (χ0v) is 18.5. The number of thiophene rings is 1. The van der Waals surface area contributed by atoms with Gasteiger partial charge in [0.25, 0.3) is 5.91 Å². The summed E-state index contributed by atoms with van der Waals surface area (Å²) in [4.78, 5) is 19.9. The number of amides is 1. The van der Waals surface area contributed by atoms with Gasteiger partial charge in [0.15, 0.2) is 0 Å².